The molecule has 1 saturated carbocycles. The van der Waals surface area contributed by atoms with Crippen LogP contribution in [0.15, 0.2) is 0 Å². The highest BCUT2D eigenvalue weighted by Gasteiger charge is 2.33. The number of carbonyl (C=O) groups is 2. The van der Waals surface area contributed by atoms with Gasteiger partial charge in [-0.15, -0.1) is 0 Å². The van der Waals surface area contributed by atoms with Crippen LogP contribution >= 0.6 is 0 Å². The van der Waals surface area contributed by atoms with E-state index >= 15 is 0 Å². The lowest BCUT2D eigenvalue weighted by Gasteiger charge is -2.39. The number of likely N-dealkylation sites (tertiary alicyclic amines) is 1. The summed E-state index contributed by atoms with van der Waals surface area (Å²) in [4.78, 5) is 27.1. The normalized spacial score (nSPS) is 30.5. The number of nitrogens with one attached hydrogen (secondary N) is 2. The number of hydrogen-bond donors (Lipinski definition) is 2. The van der Waals surface area contributed by atoms with Crippen LogP contribution in [0.3, 0.4) is 0 Å². The van der Waals surface area contributed by atoms with E-state index in [0.29, 0.717) is 11.8 Å². The molecule has 2 N–H and O–H groups in total. The third kappa shape index (κ3) is 6.98. The molecule has 5 atom stereocenters. The summed E-state index contributed by atoms with van der Waals surface area (Å²) >= 11 is 0. The first-order valence-electron chi connectivity index (χ1n) is 10.6. The molecule has 0 aromatic carbocycles. The average Bonchev–Trinajstić information content (AvgIpc) is 2.53. The van der Waals surface area contributed by atoms with Gasteiger partial charge >= 0.3 is 6.09 Å². The monoisotopic (exact) mass is 381 g/mol. The number of hydrogen-bond acceptors (Lipinski definition) is 4. The number of nitrogens with zero attached hydrogens (tertiary/aromatic N) is 1. The maximum Gasteiger partial charge on any atom is 0.407 e. The van der Waals surface area contributed by atoms with E-state index in [4.69, 9.17) is 4.74 Å². The Labute approximate surface area is 164 Å². The van der Waals surface area contributed by atoms with Crippen LogP contribution in [0.1, 0.15) is 73.6 Å². The Morgan fingerprint density at radius 1 is 1.04 bits per heavy atom. The van der Waals surface area contributed by atoms with E-state index in [1.54, 1.807) is 0 Å². The van der Waals surface area contributed by atoms with Crippen molar-refractivity contribution in [3.63, 3.8) is 0 Å². The first-order valence-corrected chi connectivity index (χ1v) is 10.6. The number of rotatable bonds is 4. The molecule has 1 aliphatic heterocycles. The molecule has 2 aliphatic rings. The van der Waals surface area contributed by atoms with Crippen molar-refractivity contribution in [2.24, 2.45) is 11.8 Å². The molecule has 6 heteroatoms. The second-order valence-corrected chi connectivity index (χ2v) is 9.72. The molecule has 0 bridgehead atoms. The zero-order valence-corrected chi connectivity index (χ0v) is 18.0. The summed E-state index contributed by atoms with van der Waals surface area (Å²) in [6.07, 6.45) is 4.89. The minimum absolute atomic E-state index is 0.00283. The summed E-state index contributed by atoms with van der Waals surface area (Å²) in [6.45, 7) is 13.7. The molecule has 2 amide bonds. The third-order valence-corrected chi connectivity index (χ3v) is 5.48. The maximum absolute atomic E-state index is 12.9. The third-order valence-electron chi connectivity index (χ3n) is 5.48. The summed E-state index contributed by atoms with van der Waals surface area (Å²) in [5, 5.41) is 6.52. The number of amides is 2. The van der Waals surface area contributed by atoms with E-state index < -0.39 is 5.60 Å². The van der Waals surface area contributed by atoms with E-state index in [9.17, 15) is 9.59 Å². The van der Waals surface area contributed by atoms with Crippen molar-refractivity contribution in [3.8, 4) is 0 Å². The number of piperidine rings is 1. The van der Waals surface area contributed by atoms with Crippen molar-refractivity contribution in [1.29, 1.82) is 0 Å². The van der Waals surface area contributed by atoms with Crippen molar-refractivity contribution in [3.05, 3.63) is 0 Å². The minimum Gasteiger partial charge on any atom is -0.444 e. The fourth-order valence-electron chi connectivity index (χ4n) is 4.47. The van der Waals surface area contributed by atoms with E-state index in [0.717, 1.165) is 38.8 Å². The molecular formula is C21H39N3O3. The van der Waals surface area contributed by atoms with Crippen LogP contribution in [0.5, 0.6) is 0 Å². The molecule has 1 saturated heterocycles. The smallest absolute Gasteiger partial charge is 0.407 e. The maximum atomic E-state index is 12.9. The molecule has 2 fully saturated rings. The van der Waals surface area contributed by atoms with Gasteiger partial charge in [-0.05, 0) is 58.8 Å². The van der Waals surface area contributed by atoms with Crippen molar-refractivity contribution in [1.82, 2.24) is 15.5 Å². The number of ether oxygens (including phenoxy) is 1. The molecule has 1 heterocycles. The minimum atomic E-state index is -0.507. The van der Waals surface area contributed by atoms with Gasteiger partial charge in [0, 0.05) is 25.2 Å². The van der Waals surface area contributed by atoms with Gasteiger partial charge in [0.05, 0.1) is 6.04 Å². The van der Waals surface area contributed by atoms with Gasteiger partial charge in [0.2, 0.25) is 5.91 Å². The second kappa shape index (κ2) is 9.26. The van der Waals surface area contributed by atoms with Crippen molar-refractivity contribution < 1.29 is 14.3 Å². The standard InChI is InChI=1S/C21H39N3O3/c1-14-11-15(2)13-24(12-14)19(25)16(3)22-17-9-7-8-10-18(17)23-20(26)27-21(4,5)6/h14-18,22H,7-13H2,1-6H3,(H,23,26)/t14-,15-,16+,17-,18-/m1/s1. The molecule has 0 aromatic rings. The summed E-state index contributed by atoms with van der Waals surface area (Å²) in [6, 6.07) is -0.138. The molecule has 0 unspecified atom stereocenters. The van der Waals surface area contributed by atoms with Gasteiger partial charge in [0.1, 0.15) is 5.60 Å². The van der Waals surface area contributed by atoms with Crippen LogP contribution in [-0.2, 0) is 9.53 Å². The van der Waals surface area contributed by atoms with Gasteiger partial charge in [0.15, 0.2) is 0 Å². The van der Waals surface area contributed by atoms with Crippen LogP contribution in [-0.4, -0.2) is 53.7 Å². The van der Waals surface area contributed by atoms with E-state index in [1.165, 1.54) is 6.42 Å². The van der Waals surface area contributed by atoms with E-state index in [1.807, 2.05) is 32.6 Å². The Morgan fingerprint density at radius 3 is 2.15 bits per heavy atom. The molecular weight excluding hydrogens is 342 g/mol. The van der Waals surface area contributed by atoms with Gasteiger partial charge in [0.25, 0.3) is 0 Å². The van der Waals surface area contributed by atoms with Crippen LogP contribution in [0.4, 0.5) is 4.79 Å². The van der Waals surface area contributed by atoms with E-state index in [2.05, 4.69) is 24.5 Å². The Morgan fingerprint density at radius 2 is 1.59 bits per heavy atom. The number of alkyl carbamates (subject to hydrolysis) is 1. The van der Waals surface area contributed by atoms with Gasteiger partial charge in [-0.25, -0.2) is 4.79 Å². The SMILES string of the molecule is C[C@@H]1C[C@@H](C)CN(C(=O)[C@H](C)N[C@@H]2CCCC[C@H]2NC(=O)OC(C)(C)C)C1. The van der Waals surface area contributed by atoms with Crippen LogP contribution in [0.2, 0.25) is 0 Å². The fraction of sp³-hybridized carbons (Fsp3) is 0.905. The van der Waals surface area contributed by atoms with Gasteiger partial charge in [-0.3, -0.25) is 4.79 Å². The van der Waals surface area contributed by atoms with Crippen molar-refractivity contribution in [2.75, 3.05) is 13.1 Å². The van der Waals surface area contributed by atoms with Gasteiger partial charge in [-0.2, -0.15) is 0 Å². The first-order chi connectivity index (χ1) is 12.5. The Bertz CT molecular complexity index is 507. The molecule has 156 valence electrons. The highest BCUT2D eigenvalue weighted by molar-refractivity contribution is 5.81. The van der Waals surface area contributed by atoms with Crippen LogP contribution in [0, 0.1) is 11.8 Å². The zero-order chi connectivity index (χ0) is 20.2. The molecule has 1 aliphatic carbocycles. The molecule has 27 heavy (non-hydrogen) atoms. The summed E-state index contributed by atoms with van der Waals surface area (Å²) < 4.78 is 5.41. The topological polar surface area (TPSA) is 70.7 Å². The van der Waals surface area contributed by atoms with Crippen LogP contribution < -0.4 is 10.6 Å². The fourth-order valence-corrected chi connectivity index (χ4v) is 4.47. The van der Waals surface area contributed by atoms with Crippen molar-refractivity contribution >= 4 is 12.0 Å². The van der Waals surface area contributed by atoms with Crippen molar-refractivity contribution in [2.45, 2.75) is 97.4 Å². The first kappa shape index (κ1) is 22.0. The highest BCUT2D eigenvalue weighted by atomic mass is 16.6. The predicted octanol–water partition coefficient (Wildman–Crippen LogP) is 3.30. The predicted molar refractivity (Wildman–Crippen MR) is 108 cm³/mol. The molecule has 0 radical (unpaired) electrons. The molecule has 0 aromatic heterocycles. The Hall–Kier alpha value is -1.30. The molecule has 0 spiro atoms. The number of carbonyl (C=O) groups excluding carboxylic acids is 2. The van der Waals surface area contributed by atoms with E-state index in [-0.39, 0.29) is 30.1 Å². The summed E-state index contributed by atoms with van der Waals surface area (Å²) in [7, 11) is 0. The lowest BCUT2D eigenvalue weighted by Crippen LogP contribution is -2.58. The summed E-state index contributed by atoms with van der Waals surface area (Å²) in [5.41, 5.74) is -0.507. The molecule has 6 nitrogen and oxygen atoms in total. The Kier molecular flexibility index (Phi) is 7.55. The van der Waals surface area contributed by atoms with Crippen LogP contribution in [0.25, 0.3) is 0 Å². The Balaban J connectivity index is 1.92. The second-order valence-electron chi connectivity index (χ2n) is 9.72. The lowest BCUT2D eigenvalue weighted by atomic mass is 9.89. The largest absolute Gasteiger partial charge is 0.444 e. The van der Waals surface area contributed by atoms with Gasteiger partial charge in [-0.1, -0.05) is 26.7 Å². The molecule has 2 rings (SSSR count). The summed E-state index contributed by atoms with van der Waals surface area (Å²) in [5.74, 6) is 1.29. The zero-order valence-electron chi connectivity index (χ0n) is 18.0. The highest BCUT2D eigenvalue weighted by Crippen LogP contribution is 2.23. The quantitative estimate of drug-likeness (QED) is 0.784. The van der Waals surface area contributed by atoms with Gasteiger partial charge < -0.3 is 20.3 Å². The average molecular weight is 382 g/mol. The lowest BCUT2D eigenvalue weighted by molar-refractivity contribution is -0.136.